The number of esters is 1. The van der Waals surface area contributed by atoms with Crippen LogP contribution in [0.4, 0.5) is 24.9 Å². The van der Waals surface area contributed by atoms with Crippen LogP contribution in [0.3, 0.4) is 0 Å². The number of alkyl halides is 3. The average molecular weight is 502 g/mol. The lowest BCUT2D eigenvalue weighted by Gasteiger charge is -2.36. The predicted molar refractivity (Wildman–Crippen MR) is 122 cm³/mol. The van der Waals surface area contributed by atoms with Crippen LogP contribution in [0.1, 0.15) is 44.6 Å². The summed E-state index contributed by atoms with van der Waals surface area (Å²) >= 11 is 1.47. The van der Waals surface area contributed by atoms with Crippen molar-refractivity contribution in [3.8, 4) is 11.8 Å². The highest BCUT2D eigenvalue weighted by Gasteiger charge is 2.45. The molecule has 3 N–H and O–H groups in total. The second-order valence-corrected chi connectivity index (χ2v) is 10.8. The number of aromatic nitrogens is 2. The number of ether oxygens (including phenoxy) is 1. The molecule has 2 aliphatic heterocycles. The number of anilines is 1. The Morgan fingerprint density at radius 3 is 2.59 bits per heavy atom. The monoisotopic (exact) mass is 501 g/mol. The van der Waals surface area contributed by atoms with Crippen molar-refractivity contribution in [2.45, 2.75) is 63.7 Å². The zero-order valence-corrected chi connectivity index (χ0v) is 20.4. The molecule has 1 saturated heterocycles. The number of aliphatic imine (C=N–C) groups is 1. The van der Waals surface area contributed by atoms with Crippen LogP contribution in [0.25, 0.3) is 0 Å². The summed E-state index contributed by atoms with van der Waals surface area (Å²) in [5, 5.41) is 0.595. The number of rotatable bonds is 3. The number of carbonyl (C=O) groups excluding carboxylic acids is 2. The van der Waals surface area contributed by atoms with Crippen molar-refractivity contribution in [1.82, 2.24) is 9.55 Å². The maximum atomic E-state index is 13.3. The molecule has 1 fully saturated rings. The number of carbonyl (C=O) groups is 2. The number of nitrogens with two attached hydrogens (primary N) is 1. The van der Waals surface area contributed by atoms with E-state index in [1.807, 2.05) is 20.8 Å². The lowest BCUT2D eigenvalue weighted by Crippen LogP contribution is -3.14. The fourth-order valence-corrected chi connectivity index (χ4v) is 4.57. The number of halogens is 3. The number of fused-ring (bicyclic) bond motifs is 1. The van der Waals surface area contributed by atoms with Gasteiger partial charge in [0.05, 0.1) is 19.6 Å². The lowest BCUT2D eigenvalue weighted by molar-refractivity contribution is -0.682. The molecule has 186 valence electrons. The highest BCUT2D eigenvalue weighted by atomic mass is 32.2. The van der Waals surface area contributed by atoms with Crippen LogP contribution in [0.2, 0.25) is 0 Å². The highest BCUT2D eigenvalue weighted by Crippen LogP contribution is 2.32. The van der Waals surface area contributed by atoms with E-state index in [0.717, 1.165) is 0 Å². The van der Waals surface area contributed by atoms with Crippen molar-refractivity contribution in [2.75, 3.05) is 25.0 Å². The van der Waals surface area contributed by atoms with Gasteiger partial charge >= 0.3 is 18.1 Å². The van der Waals surface area contributed by atoms with Crippen molar-refractivity contribution in [2.24, 2.45) is 10.7 Å². The summed E-state index contributed by atoms with van der Waals surface area (Å²) < 4.78 is 43.8. The largest absolute Gasteiger partial charge is 0.490 e. The molecule has 34 heavy (non-hydrogen) atoms. The maximum absolute atomic E-state index is 13.3. The van der Waals surface area contributed by atoms with Gasteiger partial charge in [-0.2, -0.15) is 23.1 Å². The summed E-state index contributed by atoms with van der Waals surface area (Å²) in [6.45, 7) is 8.22. The normalized spacial score (nSPS) is 23.1. The number of amidine groups is 1. The average Bonchev–Trinajstić information content (AvgIpc) is 3.08. The molecule has 3 atom stereocenters. The van der Waals surface area contributed by atoms with Gasteiger partial charge in [-0.15, -0.1) is 5.92 Å². The van der Waals surface area contributed by atoms with E-state index in [0.29, 0.717) is 21.7 Å². The van der Waals surface area contributed by atoms with E-state index in [4.69, 9.17) is 5.73 Å². The molecule has 0 bridgehead atoms. The molecule has 9 nitrogen and oxygen atoms in total. The second kappa shape index (κ2) is 9.59. The van der Waals surface area contributed by atoms with Gasteiger partial charge in [-0.1, -0.05) is 26.7 Å². The molecule has 1 amide bonds. The van der Waals surface area contributed by atoms with Crippen LogP contribution in [0, 0.1) is 11.8 Å². The quantitative estimate of drug-likeness (QED) is 0.472. The van der Waals surface area contributed by atoms with E-state index in [2.05, 4.69) is 26.6 Å². The smallest absolute Gasteiger partial charge is 0.454 e. The number of quaternary nitrogens is 1. The number of hydrogen-bond donors (Lipinski definition) is 2. The number of piperidine rings is 1. The van der Waals surface area contributed by atoms with Gasteiger partial charge in [-0.3, -0.25) is 4.57 Å². The first-order valence-electron chi connectivity index (χ1n) is 10.7. The van der Waals surface area contributed by atoms with Crippen molar-refractivity contribution in [3.05, 3.63) is 5.69 Å². The number of imidazole rings is 1. The molecule has 1 aromatic heterocycles. The summed E-state index contributed by atoms with van der Waals surface area (Å²) in [5.74, 6) is 3.94. The van der Waals surface area contributed by atoms with Gasteiger partial charge in [-0.25, -0.2) is 14.5 Å². The first-order chi connectivity index (χ1) is 15.7. The van der Waals surface area contributed by atoms with Gasteiger partial charge in [0.1, 0.15) is 6.10 Å². The Kier molecular flexibility index (Phi) is 7.35. The highest BCUT2D eigenvalue weighted by molar-refractivity contribution is 8.14. The SMILES string of the molecule is CC#CCn1c(N2CCC(OC(=O)C(F)(F)F)C(N)C2)nc2c1C(=O)[NH+](C)C(SC(C)(C)C)=N2. The zero-order valence-electron chi connectivity index (χ0n) is 19.6. The fraction of sp³-hybridized carbons (Fsp3) is 0.619. The molecule has 13 heteroatoms. The van der Waals surface area contributed by atoms with Crippen LogP contribution < -0.4 is 15.5 Å². The number of nitrogens with zero attached hydrogens (tertiary/aromatic N) is 4. The summed E-state index contributed by atoms with van der Waals surface area (Å²) in [7, 11) is 1.72. The Labute approximate surface area is 199 Å². The molecule has 0 saturated carbocycles. The summed E-state index contributed by atoms with van der Waals surface area (Å²) in [6.07, 6.45) is -6.09. The van der Waals surface area contributed by atoms with Crippen LogP contribution in [0.15, 0.2) is 4.99 Å². The third kappa shape index (κ3) is 5.56. The predicted octanol–water partition coefficient (Wildman–Crippen LogP) is 1.11. The number of hydrogen-bond acceptors (Lipinski definition) is 8. The summed E-state index contributed by atoms with van der Waals surface area (Å²) in [5.41, 5.74) is 6.37. The van der Waals surface area contributed by atoms with Gasteiger partial charge in [0.25, 0.3) is 5.17 Å². The molecule has 0 aromatic carbocycles. The third-order valence-electron chi connectivity index (χ3n) is 5.19. The zero-order chi connectivity index (χ0) is 25.4. The Hall–Kier alpha value is -2.56. The van der Waals surface area contributed by atoms with Crippen LogP contribution in [0.5, 0.6) is 0 Å². The van der Waals surface area contributed by atoms with Crippen molar-refractivity contribution in [1.29, 1.82) is 0 Å². The van der Waals surface area contributed by atoms with Gasteiger partial charge < -0.3 is 15.4 Å². The first kappa shape index (κ1) is 26.1. The van der Waals surface area contributed by atoms with Gasteiger partial charge in [-0.05, 0) is 18.7 Å². The third-order valence-corrected chi connectivity index (χ3v) is 6.40. The number of nitrogens with one attached hydrogen (secondary N) is 1. The van der Waals surface area contributed by atoms with E-state index in [-0.39, 0.29) is 42.5 Å². The number of amides is 1. The van der Waals surface area contributed by atoms with Crippen molar-refractivity contribution >= 4 is 40.6 Å². The standard InChI is InChI=1S/C21H27F3N6O3S/c1-6-7-9-30-14-15(27-19(28(5)16(14)31)34-20(2,3)4)26-18(30)29-10-8-13(12(25)11-29)33-17(32)21(22,23)24/h12-13H,8-11,25H2,1-5H3/p+1. The van der Waals surface area contributed by atoms with Crippen LogP contribution in [-0.2, 0) is 16.1 Å². The molecule has 3 heterocycles. The molecule has 0 aliphatic carbocycles. The van der Waals surface area contributed by atoms with Gasteiger partial charge in [0, 0.05) is 24.3 Å². The minimum Gasteiger partial charge on any atom is -0.454 e. The Morgan fingerprint density at radius 2 is 2.03 bits per heavy atom. The Morgan fingerprint density at radius 1 is 1.35 bits per heavy atom. The second-order valence-electron chi connectivity index (χ2n) is 9.02. The molecule has 1 aromatic rings. The Balaban J connectivity index is 1.92. The minimum absolute atomic E-state index is 0.0768. The molecule has 0 spiro atoms. The fourth-order valence-electron chi connectivity index (χ4n) is 3.62. The molecule has 2 aliphatic rings. The van der Waals surface area contributed by atoms with E-state index < -0.39 is 24.3 Å². The van der Waals surface area contributed by atoms with Crippen LogP contribution in [-0.4, -0.2) is 69.8 Å². The Bertz CT molecular complexity index is 1070. The molecular weight excluding hydrogens is 473 g/mol. The molecule has 3 unspecified atom stereocenters. The van der Waals surface area contributed by atoms with E-state index >= 15 is 0 Å². The van der Waals surface area contributed by atoms with Gasteiger partial charge in [0.15, 0.2) is 11.5 Å². The summed E-state index contributed by atoms with van der Waals surface area (Å²) in [6, 6.07) is -0.876. The molecule has 0 radical (unpaired) electrons. The van der Waals surface area contributed by atoms with Crippen molar-refractivity contribution in [3.63, 3.8) is 0 Å². The minimum atomic E-state index is -5.08. The van der Waals surface area contributed by atoms with Crippen LogP contribution >= 0.6 is 11.8 Å². The maximum Gasteiger partial charge on any atom is 0.490 e. The van der Waals surface area contributed by atoms with E-state index in [9.17, 15) is 22.8 Å². The lowest BCUT2D eigenvalue weighted by atomic mass is 10.0. The van der Waals surface area contributed by atoms with E-state index in [1.54, 1.807) is 23.4 Å². The number of thioether (sulfide) groups is 1. The molecule has 3 rings (SSSR count). The molecular formula is C21H28F3N6O3S+. The van der Waals surface area contributed by atoms with Crippen molar-refractivity contribution < 1.29 is 32.4 Å². The topological polar surface area (TPSA) is 107 Å². The van der Waals surface area contributed by atoms with E-state index in [1.165, 1.54) is 11.8 Å². The summed E-state index contributed by atoms with van der Waals surface area (Å²) in [4.78, 5) is 36.0. The first-order valence-corrected chi connectivity index (χ1v) is 11.5. The van der Waals surface area contributed by atoms with Gasteiger partial charge in [0.2, 0.25) is 5.95 Å².